The molecule has 0 spiro atoms. The van der Waals surface area contributed by atoms with Crippen LogP contribution in [0.25, 0.3) is 11.0 Å². The summed E-state index contributed by atoms with van der Waals surface area (Å²) in [5.74, 6) is -0.984. The topological polar surface area (TPSA) is 80.5 Å². The third-order valence-corrected chi connectivity index (χ3v) is 3.85. The lowest BCUT2D eigenvalue weighted by atomic mass is 10.1. The second kappa shape index (κ2) is 5.33. The summed E-state index contributed by atoms with van der Waals surface area (Å²) in [5.41, 5.74) is 1.52. The Labute approximate surface area is 122 Å². The minimum atomic E-state index is -0.984. The molecule has 1 saturated heterocycles. The van der Waals surface area contributed by atoms with E-state index >= 15 is 0 Å². The molecule has 1 fully saturated rings. The lowest BCUT2D eigenvalue weighted by Crippen LogP contribution is -2.30. The number of aryl methyl sites for hydroxylation is 1. The van der Waals surface area contributed by atoms with E-state index in [1.807, 2.05) is 11.9 Å². The number of hydrogen-bond donors (Lipinski definition) is 1. The number of carboxylic acids is 1. The van der Waals surface area contributed by atoms with Gasteiger partial charge < -0.3 is 14.7 Å². The first-order chi connectivity index (χ1) is 10.1. The third kappa shape index (κ3) is 2.44. The summed E-state index contributed by atoms with van der Waals surface area (Å²) in [4.78, 5) is 17.6. The van der Waals surface area contributed by atoms with Crippen LogP contribution in [-0.2, 0) is 11.8 Å². The van der Waals surface area contributed by atoms with E-state index in [-0.39, 0.29) is 11.7 Å². The molecule has 3 heterocycles. The highest BCUT2D eigenvalue weighted by Crippen LogP contribution is 2.29. The van der Waals surface area contributed by atoms with E-state index in [9.17, 15) is 9.90 Å². The number of pyridine rings is 1. The fourth-order valence-electron chi connectivity index (χ4n) is 2.84. The van der Waals surface area contributed by atoms with Crippen LogP contribution in [0.2, 0.25) is 0 Å². The van der Waals surface area contributed by atoms with Crippen molar-refractivity contribution in [2.45, 2.75) is 18.9 Å². The minimum absolute atomic E-state index is 0.150. The van der Waals surface area contributed by atoms with Crippen LogP contribution in [0, 0.1) is 0 Å². The first kappa shape index (κ1) is 13.8. The van der Waals surface area contributed by atoms with Gasteiger partial charge in [-0.25, -0.2) is 9.78 Å². The first-order valence-electron chi connectivity index (χ1n) is 6.94. The van der Waals surface area contributed by atoms with Crippen LogP contribution in [0.3, 0.4) is 0 Å². The van der Waals surface area contributed by atoms with Crippen LogP contribution in [-0.4, -0.2) is 52.1 Å². The fourth-order valence-corrected chi connectivity index (χ4v) is 2.84. The molecule has 1 aliphatic heterocycles. The zero-order chi connectivity index (χ0) is 15.0. The van der Waals surface area contributed by atoms with Crippen LogP contribution in [0.4, 0.5) is 5.69 Å². The van der Waals surface area contributed by atoms with E-state index in [2.05, 4.69) is 10.1 Å². The van der Waals surface area contributed by atoms with Crippen molar-refractivity contribution >= 4 is 22.7 Å². The Balaban J connectivity index is 2.04. The van der Waals surface area contributed by atoms with Crippen molar-refractivity contribution in [3.63, 3.8) is 0 Å². The standard InChI is InChI=1S/C14H18N4O3/c1-17(8-9-4-3-5-21-9)12-10-7-16-18(2)13(10)15-6-11(12)14(19)20/h6-7,9H,3-5,8H2,1-2H3,(H,19,20). The Morgan fingerprint density at radius 2 is 2.38 bits per heavy atom. The summed E-state index contributed by atoms with van der Waals surface area (Å²) in [5, 5.41) is 14.3. The average Bonchev–Trinajstić information content (AvgIpc) is 3.08. The van der Waals surface area contributed by atoms with Gasteiger partial charge in [-0.1, -0.05) is 0 Å². The SMILES string of the molecule is CN(CC1CCCO1)c1c(C(=O)O)cnc2c1cnn2C. The molecule has 2 aromatic rings. The van der Waals surface area contributed by atoms with Gasteiger partial charge in [0, 0.05) is 33.4 Å². The van der Waals surface area contributed by atoms with E-state index in [1.165, 1.54) is 6.20 Å². The van der Waals surface area contributed by atoms with Crippen LogP contribution in [0.5, 0.6) is 0 Å². The van der Waals surface area contributed by atoms with E-state index in [4.69, 9.17) is 4.74 Å². The molecule has 7 nitrogen and oxygen atoms in total. The van der Waals surface area contributed by atoms with Crippen molar-refractivity contribution in [2.24, 2.45) is 7.05 Å². The van der Waals surface area contributed by atoms with Gasteiger partial charge in [0.05, 0.1) is 23.4 Å². The Bertz CT molecular complexity index is 676. The van der Waals surface area contributed by atoms with Gasteiger partial charge in [-0.15, -0.1) is 0 Å². The van der Waals surface area contributed by atoms with Crippen molar-refractivity contribution < 1.29 is 14.6 Å². The van der Waals surface area contributed by atoms with Gasteiger partial charge in [0.15, 0.2) is 5.65 Å². The molecule has 0 bridgehead atoms. The van der Waals surface area contributed by atoms with E-state index in [0.717, 1.165) is 24.8 Å². The zero-order valence-electron chi connectivity index (χ0n) is 12.1. The monoisotopic (exact) mass is 290 g/mol. The van der Waals surface area contributed by atoms with Gasteiger partial charge in [-0.3, -0.25) is 4.68 Å². The molecule has 0 aromatic carbocycles. The molecule has 1 unspecified atom stereocenters. The van der Waals surface area contributed by atoms with Crippen LogP contribution in [0.15, 0.2) is 12.4 Å². The molecule has 0 radical (unpaired) electrons. The molecule has 7 heteroatoms. The number of aromatic carboxylic acids is 1. The predicted octanol–water partition coefficient (Wildman–Crippen LogP) is 1.28. The van der Waals surface area contributed by atoms with Crippen LogP contribution < -0.4 is 4.90 Å². The van der Waals surface area contributed by atoms with Gasteiger partial charge in [0.2, 0.25) is 0 Å². The smallest absolute Gasteiger partial charge is 0.339 e. The summed E-state index contributed by atoms with van der Waals surface area (Å²) >= 11 is 0. The normalized spacial score (nSPS) is 18.3. The highest BCUT2D eigenvalue weighted by molar-refractivity contribution is 6.03. The molecule has 0 saturated carbocycles. The number of carbonyl (C=O) groups is 1. The van der Waals surface area contributed by atoms with Crippen molar-refractivity contribution in [3.8, 4) is 0 Å². The van der Waals surface area contributed by atoms with Crippen LogP contribution >= 0.6 is 0 Å². The molecular formula is C14H18N4O3. The van der Waals surface area contributed by atoms with E-state index in [0.29, 0.717) is 17.9 Å². The highest BCUT2D eigenvalue weighted by Gasteiger charge is 2.23. The lowest BCUT2D eigenvalue weighted by molar-refractivity contribution is 0.0696. The molecule has 0 aliphatic carbocycles. The summed E-state index contributed by atoms with van der Waals surface area (Å²) in [6.07, 6.45) is 5.28. The van der Waals surface area contributed by atoms with Gasteiger partial charge in [-0.2, -0.15) is 5.10 Å². The van der Waals surface area contributed by atoms with E-state index in [1.54, 1.807) is 17.9 Å². The number of fused-ring (bicyclic) bond motifs is 1. The Hall–Kier alpha value is -2.15. The van der Waals surface area contributed by atoms with Gasteiger partial charge >= 0.3 is 5.97 Å². The molecule has 112 valence electrons. The van der Waals surface area contributed by atoms with Gasteiger partial charge in [-0.05, 0) is 12.8 Å². The maximum atomic E-state index is 11.5. The quantitative estimate of drug-likeness (QED) is 0.913. The summed E-state index contributed by atoms with van der Waals surface area (Å²) in [6.45, 7) is 1.44. The van der Waals surface area contributed by atoms with Crippen molar-refractivity contribution in [3.05, 3.63) is 18.0 Å². The maximum Gasteiger partial charge on any atom is 0.339 e. The number of ether oxygens (including phenoxy) is 1. The van der Waals surface area contributed by atoms with Crippen LogP contribution in [0.1, 0.15) is 23.2 Å². The predicted molar refractivity (Wildman–Crippen MR) is 77.7 cm³/mol. The number of nitrogens with zero attached hydrogens (tertiary/aromatic N) is 4. The van der Waals surface area contributed by atoms with Gasteiger partial charge in [0.25, 0.3) is 0 Å². The number of likely N-dealkylation sites (N-methyl/N-ethyl adjacent to an activating group) is 1. The molecule has 0 amide bonds. The zero-order valence-corrected chi connectivity index (χ0v) is 12.1. The second-order valence-electron chi connectivity index (χ2n) is 5.35. The van der Waals surface area contributed by atoms with Crippen molar-refractivity contribution in [1.82, 2.24) is 14.8 Å². The molecule has 1 aliphatic rings. The lowest BCUT2D eigenvalue weighted by Gasteiger charge is -2.24. The Morgan fingerprint density at radius 3 is 3.05 bits per heavy atom. The molecule has 1 atom stereocenters. The highest BCUT2D eigenvalue weighted by atomic mass is 16.5. The average molecular weight is 290 g/mol. The first-order valence-corrected chi connectivity index (χ1v) is 6.94. The second-order valence-corrected chi connectivity index (χ2v) is 5.35. The number of hydrogen-bond acceptors (Lipinski definition) is 5. The van der Waals surface area contributed by atoms with Crippen molar-refractivity contribution in [1.29, 1.82) is 0 Å². The molecule has 2 aromatic heterocycles. The van der Waals surface area contributed by atoms with Gasteiger partial charge in [0.1, 0.15) is 5.56 Å². The Morgan fingerprint density at radius 1 is 1.57 bits per heavy atom. The molecule has 1 N–H and O–H groups in total. The minimum Gasteiger partial charge on any atom is -0.478 e. The molecular weight excluding hydrogens is 272 g/mol. The Kier molecular flexibility index (Phi) is 3.50. The van der Waals surface area contributed by atoms with E-state index < -0.39 is 5.97 Å². The molecule has 3 rings (SSSR count). The largest absolute Gasteiger partial charge is 0.478 e. The molecule has 21 heavy (non-hydrogen) atoms. The maximum absolute atomic E-state index is 11.5. The summed E-state index contributed by atoms with van der Waals surface area (Å²) < 4.78 is 7.28. The number of carboxylic acid groups (broad SMARTS) is 1. The number of anilines is 1. The summed E-state index contributed by atoms with van der Waals surface area (Å²) in [7, 11) is 3.68. The van der Waals surface area contributed by atoms with Crippen molar-refractivity contribution in [2.75, 3.05) is 25.1 Å². The number of rotatable bonds is 4. The third-order valence-electron chi connectivity index (χ3n) is 3.85. The fraction of sp³-hybridized carbons (Fsp3) is 0.500. The summed E-state index contributed by atoms with van der Waals surface area (Å²) in [6, 6.07) is 0. The number of aromatic nitrogens is 3.